The molecular formula is C31H40O7. The van der Waals surface area contributed by atoms with Gasteiger partial charge in [0.1, 0.15) is 6.10 Å². The first-order valence-electron chi connectivity index (χ1n) is 12.9. The lowest BCUT2D eigenvalue weighted by Gasteiger charge is -2.20. The van der Waals surface area contributed by atoms with Crippen molar-refractivity contribution in [3.63, 3.8) is 0 Å². The van der Waals surface area contributed by atoms with E-state index in [-0.39, 0.29) is 24.0 Å². The van der Waals surface area contributed by atoms with E-state index in [1.807, 2.05) is 45.0 Å². The highest BCUT2D eigenvalue weighted by Gasteiger charge is 2.37. The summed E-state index contributed by atoms with van der Waals surface area (Å²) in [7, 11) is 3.16. The predicted molar refractivity (Wildman–Crippen MR) is 146 cm³/mol. The lowest BCUT2D eigenvalue weighted by molar-refractivity contribution is -0.153. The minimum absolute atomic E-state index is 0.134. The molecule has 0 N–H and O–H groups in total. The van der Waals surface area contributed by atoms with Crippen molar-refractivity contribution in [1.29, 1.82) is 0 Å². The van der Waals surface area contributed by atoms with Crippen molar-refractivity contribution in [3.8, 4) is 23.0 Å². The highest BCUT2D eigenvalue weighted by Crippen LogP contribution is 2.52. The monoisotopic (exact) mass is 524 g/mol. The van der Waals surface area contributed by atoms with E-state index in [0.29, 0.717) is 36.0 Å². The number of aryl methyl sites for hydroxylation is 1. The van der Waals surface area contributed by atoms with Gasteiger partial charge in [-0.1, -0.05) is 18.2 Å². The third-order valence-corrected chi connectivity index (χ3v) is 6.33. The van der Waals surface area contributed by atoms with Gasteiger partial charge >= 0.3 is 11.9 Å². The van der Waals surface area contributed by atoms with Gasteiger partial charge in [0.25, 0.3) is 0 Å². The summed E-state index contributed by atoms with van der Waals surface area (Å²) in [6.45, 7) is 15.3. The number of hydrogen-bond acceptors (Lipinski definition) is 7. The molecule has 1 aliphatic rings. The van der Waals surface area contributed by atoms with E-state index in [4.69, 9.17) is 23.7 Å². The molecule has 1 heterocycles. The molecule has 7 nitrogen and oxygen atoms in total. The van der Waals surface area contributed by atoms with Crippen molar-refractivity contribution in [1.82, 2.24) is 0 Å². The highest BCUT2D eigenvalue weighted by atomic mass is 16.6. The van der Waals surface area contributed by atoms with E-state index in [1.165, 1.54) is 7.11 Å². The lowest BCUT2D eigenvalue weighted by atomic mass is 9.89. The second kappa shape index (κ2) is 11.5. The molecular weight excluding hydrogens is 484 g/mol. The van der Waals surface area contributed by atoms with Crippen LogP contribution in [0.15, 0.2) is 43.0 Å². The second-order valence-electron chi connectivity index (χ2n) is 11.6. The van der Waals surface area contributed by atoms with Crippen molar-refractivity contribution < 1.29 is 33.3 Å². The summed E-state index contributed by atoms with van der Waals surface area (Å²) in [5.74, 6) is 1.43. The molecule has 0 unspecified atom stereocenters. The Morgan fingerprint density at radius 1 is 0.921 bits per heavy atom. The molecule has 0 bridgehead atoms. The fourth-order valence-electron chi connectivity index (χ4n) is 4.10. The van der Waals surface area contributed by atoms with Crippen LogP contribution in [0.25, 0.3) is 0 Å². The van der Waals surface area contributed by atoms with Crippen LogP contribution in [0, 0.1) is 10.8 Å². The molecule has 1 aliphatic heterocycles. The van der Waals surface area contributed by atoms with E-state index < -0.39 is 10.8 Å². The Morgan fingerprint density at radius 3 is 2.16 bits per heavy atom. The van der Waals surface area contributed by atoms with E-state index in [1.54, 1.807) is 33.9 Å². The molecule has 0 saturated heterocycles. The molecule has 0 radical (unpaired) electrons. The Balaban J connectivity index is 1.82. The summed E-state index contributed by atoms with van der Waals surface area (Å²) in [5.41, 5.74) is 1.74. The molecule has 2 atom stereocenters. The third kappa shape index (κ3) is 6.50. The van der Waals surface area contributed by atoms with E-state index in [9.17, 15) is 9.59 Å². The van der Waals surface area contributed by atoms with Crippen LogP contribution >= 0.6 is 0 Å². The second-order valence-corrected chi connectivity index (χ2v) is 11.6. The molecule has 0 fully saturated rings. The maximum absolute atomic E-state index is 12.4. The van der Waals surface area contributed by atoms with Gasteiger partial charge in [-0.05, 0) is 83.7 Å². The topological polar surface area (TPSA) is 80.3 Å². The molecule has 2 aromatic rings. The van der Waals surface area contributed by atoms with E-state index >= 15 is 0 Å². The Morgan fingerprint density at radius 2 is 1.58 bits per heavy atom. The van der Waals surface area contributed by atoms with E-state index in [2.05, 4.69) is 12.6 Å². The zero-order chi connectivity index (χ0) is 28.3. The van der Waals surface area contributed by atoms with Crippen LogP contribution in [0.2, 0.25) is 0 Å². The van der Waals surface area contributed by atoms with Gasteiger partial charge < -0.3 is 23.7 Å². The number of carbonyl (C=O) groups is 2. The van der Waals surface area contributed by atoms with Gasteiger partial charge in [-0.2, -0.15) is 0 Å². The van der Waals surface area contributed by atoms with Crippen LogP contribution in [0.1, 0.15) is 76.7 Å². The van der Waals surface area contributed by atoms with Gasteiger partial charge in [0.2, 0.25) is 0 Å². The maximum atomic E-state index is 12.4. The Kier molecular flexibility index (Phi) is 8.80. The molecule has 38 heavy (non-hydrogen) atoms. The van der Waals surface area contributed by atoms with Crippen LogP contribution in [0.3, 0.4) is 0 Å². The summed E-state index contributed by atoms with van der Waals surface area (Å²) < 4.78 is 28.6. The third-order valence-electron chi connectivity index (χ3n) is 6.33. The molecule has 0 aliphatic carbocycles. The predicted octanol–water partition coefficient (Wildman–Crippen LogP) is 6.58. The summed E-state index contributed by atoms with van der Waals surface area (Å²) >= 11 is 0. The van der Waals surface area contributed by atoms with Crippen molar-refractivity contribution in [3.05, 3.63) is 59.7 Å². The Bertz CT molecular complexity index is 1180. The average Bonchev–Trinajstić information content (AvgIpc) is 3.23. The SMILES string of the molecule is C=C[C@@H]1c2cc(CCCOC(=O)C(C)(C)C)cc(OC)c2O[C@H]1c1ccc(OC(=O)C(C)(C)C)c(OC)c1. The highest BCUT2D eigenvalue weighted by molar-refractivity contribution is 5.78. The van der Waals surface area contributed by atoms with Crippen LogP contribution in [0.4, 0.5) is 0 Å². The number of esters is 2. The van der Waals surface area contributed by atoms with Gasteiger partial charge in [0.15, 0.2) is 23.0 Å². The number of hydrogen-bond donors (Lipinski definition) is 0. The number of ether oxygens (including phenoxy) is 5. The van der Waals surface area contributed by atoms with Crippen LogP contribution in [-0.2, 0) is 20.7 Å². The first-order chi connectivity index (χ1) is 17.8. The van der Waals surface area contributed by atoms with Crippen LogP contribution in [-0.4, -0.2) is 32.8 Å². The fraction of sp³-hybridized carbons (Fsp3) is 0.484. The smallest absolute Gasteiger partial charge is 0.316 e. The number of fused-ring (bicyclic) bond motifs is 1. The lowest BCUT2D eigenvalue weighted by Crippen LogP contribution is -2.25. The quantitative estimate of drug-likeness (QED) is 0.159. The molecule has 0 saturated carbocycles. The molecule has 0 aromatic heterocycles. The van der Waals surface area contributed by atoms with Crippen LogP contribution < -0.4 is 18.9 Å². The van der Waals surface area contributed by atoms with Gasteiger partial charge in [0, 0.05) is 11.5 Å². The summed E-state index contributed by atoms with van der Waals surface area (Å²) in [6, 6.07) is 9.49. The number of benzene rings is 2. The van der Waals surface area contributed by atoms with Crippen LogP contribution in [0.5, 0.6) is 23.0 Å². The summed E-state index contributed by atoms with van der Waals surface area (Å²) in [4.78, 5) is 24.5. The Hall–Kier alpha value is -3.48. The van der Waals surface area contributed by atoms with Gasteiger partial charge in [0.05, 0.1) is 31.7 Å². The first-order valence-corrected chi connectivity index (χ1v) is 12.9. The standard InChI is InChI=1S/C31H40O7/c1-10-21-22-16-19(12-11-15-36-28(32)30(2,3)4)17-25(35-9)27(22)38-26(21)20-13-14-23(24(18-20)34-8)37-29(33)31(5,6)7/h10,13-14,16-18,21,26H,1,11-12,15H2,2-9H3/t21-,26+/m1/s1. The van der Waals surface area contributed by atoms with Gasteiger partial charge in [-0.25, -0.2) is 0 Å². The number of carbonyl (C=O) groups excluding carboxylic acids is 2. The van der Waals surface area contributed by atoms with Crippen molar-refractivity contribution in [2.75, 3.05) is 20.8 Å². The molecule has 2 aromatic carbocycles. The number of methoxy groups -OCH3 is 2. The molecule has 0 amide bonds. The van der Waals surface area contributed by atoms with Gasteiger partial charge in [-0.15, -0.1) is 6.58 Å². The largest absolute Gasteiger partial charge is 0.493 e. The average molecular weight is 525 g/mol. The summed E-state index contributed by atoms with van der Waals surface area (Å²) in [5, 5.41) is 0. The summed E-state index contributed by atoms with van der Waals surface area (Å²) in [6.07, 6.45) is 2.92. The zero-order valence-electron chi connectivity index (χ0n) is 23.8. The Labute approximate surface area is 226 Å². The maximum Gasteiger partial charge on any atom is 0.316 e. The first kappa shape index (κ1) is 29.1. The van der Waals surface area contributed by atoms with Crippen molar-refractivity contribution in [2.45, 2.75) is 66.4 Å². The molecule has 7 heteroatoms. The normalized spacial score (nSPS) is 16.7. The van der Waals surface area contributed by atoms with Gasteiger partial charge in [-0.3, -0.25) is 9.59 Å². The minimum Gasteiger partial charge on any atom is -0.493 e. The van der Waals surface area contributed by atoms with Crippen molar-refractivity contribution in [2.24, 2.45) is 10.8 Å². The van der Waals surface area contributed by atoms with E-state index in [0.717, 1.165) is 23.1 Å². The molecule has 3 rings (SSSR count). The molecule has 0 spiro atoms. The zero-order valence-corrected chi connectivity index (χ0v) is 23.8. The molecule has 206 valence electrons. The number of rotatable bonds is 9. The fourth-order valence-corrected chi connectivity index (χ4v) is 4.10. The van der Waals surface area contributed by atoms with Crippen molar-refractivity contribution >= 4 is 11.9 Å². The minimum atomic E-state index is -0.643.